The maximum atomic E-state index is 12.5. The van der Waals surface area contributed by atoms with Crippen LogP contribution < -0.4 is 10.0 Å². The number of anilines is 1. The molecule has 1 heterocycles. The molecule has 2 N–H and O–H groups in total. The molecule has 7 nitrogen and oxygen atoms in total. The van der Waals surface area contributed by atoms with E-state index >= 15 is 0 Å². The van der Waals surface area contributed by atoms with E-state index in [-0.39, 0.29) is 23.8 Å². The van der Waals surface area contributed by atoms with Gasteiger partial charge in [0.25, 0.3) is 0 Å². The summed E-state index contributed by atoms with van der Waals surface area (Å²) in [6.07, 6.45) is -0.00487. The Morgan fingerprint density at radius 2 is 1.75 bits per heavy atom. The SMILES string of the molecule is Cc1cc(C)c(S(=O)(=O)NCCC(=O)Nc2cc(C)on2)c(C)c1. The van der Waals surface area contributed by atoms with Gasteiger partial charge in [0.05, 0.1) is 4.90 Å². The van der Waals surface area contributed by atoms with Gasteiger partial charge in [-0.2, -0.15) is 0 Å². The van der Waals surface area contributed by atoms with Crippen molar-refractivity contribution in [1.29, 1.82) is 0 Å². The van der Waals surface area contributed by atoms with Crippen LogP contribution in [0.1, 0.15) is 28.9 Å². The highest BCUT2D eigenvalue weighted by molar-refractivity contribution is 7.89. The Hall–Kier alpha value is -2.19. The van der Waals surface area contributed by atoms with E-state index in [1.54, 1.807) is 26.8 Å². The molecule has 1 aromatic heterocycles. The van der Waals surface area contributed by atoms with Crippen LogP contribution in [-0.2, 0) is 14.8 Å². The van der Waals surface area contributed by atoms with Crippen LogP contribution >= 0.6 is 0 Å². The molecule has 0 aliphatic rings. The number of rotatable bonds is 6. The highest BCUT2D eigenvalue weighted by Crippen LogP contribution is 2.21. The number of nitrogens with one attached hydrogen (secondary N) is 2. The van der Waals surface area contributed by atoms with Crippen molar-refractivity contribution >= 4 is 21.7 Å². The summed E-state index contributed by atoms with van der Waals surface area (Å²) in [7, 11) is -3.67. The number of sulfonamides is 1. The fourth-order valence-corrected chi connectivity index (χ4v) is 4.07. The third kappa shape index (κ3) is 4.42. The molecule has 0 fully saturated rings. The monoisotopic (exact) mass is 351 g/mol. The molecule has 0 spiro atoms. The Kier molecular flexibility index (Phi) is 5.40. The molecule has 0 bridgehead atoms. The summed E-state index contributed by atoms with van der Waals surface area (Å²) in [4.78, 5) is 12.1. The van der Waals surface area contributed by atoms with E-state index in [2.05, 4.69) is 15.2 Å². The molecule has 0 aliphatic carbocycles. The fraction of sp³-hybridized carbons (Fsp3) is 0.375. The first-order valence-corrected chi connectivity index (χ1v) is 8.98. The number of carbonyl (C=O) groups is 1. The van der Waals surface area contributed by atoms with Gasteiger partial charge in [0.1, 0.15) is 5.76 Å². The van der Waals surface area contributed by atoms with Crippen molar-refractivity contribution < 1.29 is 17.7 Å². The van der Waals surface area contributed by atoms with Gasteiger partial charge in [-0.15, -0.1) is 0 Å². The van der Waals surface area contributed by atoms with Crippen LogP contribution in [0.4, 0.5) is 5.82 Å². The van der Waals surface area contributed by atoms with Crippen molar-refractivity contribution in [2.45, 2.75) is 39.0 Å². The van der Waals surface area contributed by atoms with Crippen LogP contribution in [0.2, 0.25) is 0 Å². The number of hydrogen-bond acceptors (Lipinski definition) is 5. The third-order valence-corrected chi connectivity index (χ3v) is 5.18. The van der Waals surface area contributed by atoms with Crippen molar-refractivity contribution in [3.8, 4) is 0 Å². The van der Waals surface area contributed by atoms with Gasteiger partial charge >= 0.3 is 0 Å². The second kappa shape index (κ2) is 7.14. The van der Waals surface area contributed by atoms with Crippen molar-refractivity contribution in [3.05, 3.63) is 40.6 Å². The Morgan fingerprint density at radius 3 is 2.29 bits per heavy atom. The zero-order valence-electron chi connectivity index (χ0n) is 14.1. The Balaban J connectivity index is 1.97. The standard InChI is InChI=1S/C16H21N3O4S/c1-10-7-11(2)16(12(3)8-10)24(21,22)17-6-5-15(20)18-14-9-13(4)23-19-14/h7-9,17H,5-6H2,1-4H3,(H,18,19,20). The number of amides is 1. The lowest BCUT2D eigenvalue weighted by Gasteiger charge is -2.13. The Bertz CT molecular complexity index is 833. The predicted molar refractivity (Wildman–Crippen MR) is 90.3 cm³/mol. The molecule has 24 heavy (non-hydrogen) atoms. The smallest absolute Gasteiger partial charge is 0.241 e. The van der Waals surface area contributed by atoms with Crippen LogP contribution in [0.15, 0.2) is 27.6 Å². The minimum atomic E-state index is -3.67. The summed E-state index contributed by atoms with van der Waals surface area (Å²) in [5.74, 6) is 0.547. The molecular weight excluding hydrogens is 330 g/mol. The summed E-state index contributed by atoms with van der Waals surface area (Å²) in [5, 5.41) is 6.19. The molecule has 8 heteroatoms. The van der Waals surface area contributed by atoms with Gasteiger partial charge in [-0.1, -0.05) is 22.9 Å². The van der Waals surface area contributed by atoms with Gasteiger partial charge in [-0.05, 0) is 38.8 Å². The summed E-state index contributed by atoms with van der Waals surface area (Å²) < 4.78 is 32.2. The summed E-state index contributed by atoms with van der Waals surface area (Å²) >= 11 is 0. The van der Waals surface area contributed by atoms with E-state index in [1.807, 2.05) is 19.1 Å². The van der Waals surface area contributed by atoms with Gasteiger partial charge < -0.3 is 9.84 Å². The zero-order chi connectivity index (χ0) is 17.9. The lowest BCUT2D eigenvalue weighted by atomic mass is 10.1. The second-order valence-electron chi connectivity index (χ2n) is 5.75. The van der Waals surface area contributed by atoms with Crippen LogP contribution in [0.25, 0.3) is 0 Å². The lowest BCUT2D eigenvalue weighted by molar-refractivity contribution is -0.116. The number of aryl methyl sites for hydroxylation is 4. The first-order chi connectivity index (χ1) is 11.2. The Morgan fingerprint density at radius 1 is 1.12 bits per heavy atom. The summed E-state index contributed by atoms with van der Waals surface area (Å²) in [6.45, 7) is 7.14. The number of nitrogens with zero attached hydrogens (tertiary/aromatic N) is 1. The van der Waals surface area contributed by atoms with Crippen LogP contribution in [-0.4, -0.2) is 26.0 Å². The first kappa shape index (κ1) is 18.2. The topological polar surface area (TPSA) is 101 Å². The second-order valence-corrected chi connectivity index (χ2v) is 7.45. The Labute approximate surface area is 141 Å². The highest BCUT2D eigenvalue weighted by atomic mass is 32.2. The van der Waals surface area contributed by atoms with Gasteiger partial charge in [-0.25, -0.2) is 13.1 Å². The van der Waals surface area contributed by atoms with E-state index in [1.165, 1.54) is 0 Å². The van der Waals surface area contributed by atoms with Gasteiger partial charge in [0, 0.05) is 19.0 Å². The van der Waals surface area contributed by atoms with E-state index in [4.69, 9.17) is 4.52 Å². The summed E-state index contributed by atoms with van der Waals surface area (Å²) in [5.41, 5.74) is 2.37. The number of hydrogen-bond donors (Lipinski definition) is 2. The molecule has 0 atom stereocenters. The molecule has 2 rings (SSSR count). The number of aromatic nitrogens is 1. The average Bonchev–Trinajstić information content (AvgIpc) is 2.81. The van der Waals surface area contributed by atoms with Crippen LogP contribution in [0, 0.1) is 27.7 Å². The molecule has 130 valence electrons. The fourth-order valence-electron chi connectivity index (χ4n) is 2.59. The van der Waals surface area contributed by atoms with Crippen LogP contribution in [0.5, 0.6) is 0 Å². The molecule has 0 saturated heterocycles. The molecule has 0 radical (unpaired) electrons. The van der Waals surface area contributed by atoms with E-state index in [0.717, 1.165) is 5.56 Å². The number of benzene rings is 1. The van der Waals surface area contributed by atoms with E-state index < -0.39 is 10.0 Å². The first-order valence-electron chi connectivity index (χ1n) is 7.50. The molecule has 0 aliphatic heterocycles. The average molecular weight is 351 g/mol. The lowest BCUT2D eigenvalue weighted by Crippen LogP contribution is -2.29. The maximum absolute atomic E-state index is 12.5. The van der Waals surface area contributed by atoms with Gasteiger partial charge in [0.15, 0.2) is 5.82 Å². The minimum absolute atomic E-state index is 0.00223. The zero-order valence-corrected chi connectivity index (χ0v) is 15.0. The predicted octanol–water partition coefficient (Wildman–Crippen LogP) is 2.22. The molecular formula is C16H21N3O4S. The number of carbonyl (C=O) groups excluding carboxylic acids is 1. The van der Waals surface area contributed by atoms with Gasteiger partial charge in [0.2, 0.25) is 15.9 Å². The van der Waals surface area contributed by atoms with E-state index in [0.29, 0.717) is 22.7 Å². The largest absolute Gasteiger partial charge is 0.360 e. The van der Waals surface area contributed by atoms with Crippen molar-refractivity contribution in [2.75, 3.05) is 11.9 Å². The third-order valence-electron chi connectivity index (χ3n) is 3.41. The van der Waals surface area contributed by atoms with Gasteiger partial charge in [-0.3, -0.25) is 4.79 Å². The quantitative estimate of drug-likeness (QED) is 0.831. The van der Waals surface area contributed by atoms with E-state index in [9.17, 15) is 13.2 Å². The molecule has 0 saturated carbocycles. The molecule has 2 aromatic rings. The molecule has 0 unspecified atom stereocenters. The molecule has 1 amide bonds. The molecule has 1 aromatic carbocycles. The maximum Gasteiger partial charge on any atom is 0.241 e. The van der Waals surface area contributed by atoms with Crippen molar-refractivity contribution in [1.82, 2.24) is 9.88 Å². The highest BCUT2D eigenvalue weighted by Gasteiger charge is 2.19. The summed E-state index contributed by atoms with van der Waals surface area (Å²) in [6, 6.07) is 5.23. The normalized spacial score (nSPS) is 11.5. The van der Waals surface area contributed by atoms with Crippen molar-refractivity contribution in [2.24, 2.45) is 0 Å². The van der Waals surface area contributed by atoms with Crippen LogP contribution in [0.3, 0.4) is 0 Å². The minimum Gasteiger partial charge on any atom is -0.360 e. The van der Waals surface area contributed by atoms with Crippen molar-refractivity contribution in [3.63, 3.8) is 0 Å².